The van der Waals surface area contributed by atoms with E-state index >= 15 is 0 Å². The Kier molecular flexibility index (Phi) is 4.87. The van der Waals surface area contributed by atoms with Gasteiger partial charge in [-0.3, -0.25) is 4.79 Å². The van der Waals surface area contributed by atoms with Crippen LogP contribution < -0.4 is 10.6 Å². The number of hydrogen-bond donors (Lipinski definition) is 2. The zero-order chi connectivity index (χ0) is 13.7. The van der Waals surface area contributed by atoms with Crippen LogP contribution in [0.4, 0.5) is 10.1 Å². The average Bonchev–Trinajstić information content (AvgIpc) is 2.39. The fraction of sp³-hybridized carbons (Fsp3) is 0.500. The van der Waals surface area contributed by atoms with Crippen molar-refractivity contribution in [3.05, 3.63) is 30.1 Å². The van der Waals surface area contributed by atoms with Gasteiger partial charge in [-0.2, -0.15) is 0 Å². The Balaban J connectivity index is 1.73. The summed E-state index contributed by atoms with van der Waals surface area (Å²) >= 11 is 0. The summed E-state index contributed by atoms with van der Waals surface area (Å²) < 4.78 is 18.2. The van der Waals surface area contributed by atoms with E-state index in [0.29, 0.717) is 11.7 Å². The number of amides is 1. The van der Waals surface area contributed by atoms with E-state index in [1.54, 1.807) is 12.1 Å². The van der Waals surface area contributed by atoms with Crippen LogP contribution in [0.1, 0.15) is 19.8 Å². The van der Waals surface area contributed by atoms with Crippen LogP contribution >= 0.6 is 0 Å². The van der Waals surface area contributed by atoms with Crippen molar-refractivity contribution < 1.29 is 13.9 Å². The number of rotatable bonds is 4. The molecule has 1 aromatic rings. The molecule has 0 radical (unpaired) electrons. The first kappa shape index (κ1) is 14.0. The molecular formula is C14H19FN2O2. The normalized spacial score (nSPS) is 23.1. The molecule has 0 bridgehead atoms. The van der Waals surface area contributed by atoms with E-state index in [4.69, 9.17) is 4.74 Å². The van der Waals surface area contributed by atoms with E-state index in [9.17, 15) is 9.18 Å². The molecule has 1 fully saturated rings. The number of anilines is 1. The SMILES string of the molecule is CC1CC(NCC(=O)Nc2ccc(F)cc2)CCO1. The summed E-state index contributed by atoms with van der Waals surface area (Å²) in [4.78, 5) is 11.7. The lowest BCUT2D eigenvalue weighted by molar-refractivity contribution is -0.115. The van der Waals surface area contributed by atoms with Crippen LogP contribution in [-0.4, -0.2) is 31.2 Å². The van der Waals surface area contributed by atoms with Gasteiger partial charge in [-0.05, 0) is 44.0 Å². The topological polar surface area (TPSA) is 50.4 Å². The Hall–Kier alpha value is -1.46. The fourth-order valence-electron chi connectivity index (χ4n) is 2.16. The lowest BCUT2D eigenvalue weighted by atomic mass is 10.0. The van der Waals surface area contributed by atoms with Crippen LogP contribution in [0.2, 0.25) is 0 Å². The molecule has 2 unspecified atom stereocenters. The third-order valence-corrected chi connectivity index (χ3v) is 3.16. The highest BCUT2D eigenvalue weighted by Gasteiger charge is 2.19. The summed E-state index contributed by atoms with van der Waals surface area (Å²) in [5.74, 6) is -0.432. The first-order chi connectivity index (χ1) is 9.13. The summed E-state index contributed by atoms with van der Waals surface area (Å²) in [6.07, 6.45) is 2.09. The van der Waals surface area contributed by atoms with Crippen molar-refractivity contribution in [2.24, 2.45) is 0 Å². The highest BCUT2D eigenvalue weighted by molar-refractivity contribution is 5.92. The van der Waals surface area contributed by atoms with Gasteiger partial charge in [0.05, 0.1) is 12.6 Å². The van der Waals surface area contributed by atoms with Crippen molar-refractivity contribution in [3.8, 4) is 0 Å². The van der Waals surface area contributed by atoms with Gasteiger partial charge < -0.3 is 15.4 Å². The number of nitrogens with one attached hydrogen (secondary N) is 2. The lowest BCUT2D eigenvalue weighted by Gasteiger charge is -2.27. The van der Waals surface area contributed by atoms with Crippen molar-refractivity contribution in [2.45, 2.75) is 31.9 Å². The molecule has 5 heteroatoms. The molecule has 1 saturated heterocycles. The molecule has 0 saturated carbocycles. The highest BCUT2D eigenvalue weighted by atomic mass is 19.1. The predicted molar refractivity (Wildman–Crippen MR) is 71.5 cm³/mol. The van der Waals surface area contributed by atoms with Gasteiger partial charge in [0, 0.05) is 18.3 Å². The van der Waals surface area contributed by atoms with E-state index in [1.807, 2.05) is 6.92 Å². The minimum atomic E-state index is -0.313. The van der Waals surface area contributed by atoms with Gasteiger partial charge in [-0.15, -0.1) is 0 Å². The second-order valence-electron chi connectivity index (χ2n) is 4.84. The largest absolute Gasteiger partial charge is 0.378 e. The number of benzene rings is 1. The van der Waals surface area contributed by atoms with Crippen LogP contribution in [0.5, 0.6) is 0 Å². The molecule has 19 heavy (non-hydrogen) atoms. The Bertz CT molecular complexity index is 422. The maximum absolute atomic E-state index is 12.7. The first-order valence-electron chi connectivity index (χ1n) is 6.54. The van der Waals surface area contributed by atoms with Crippen LogP contribution in [0.25, 0.3) is 0 Å². The summed E-state index contributed by atoms with van der Waals surface area (Å²) in [5, 5.41) is 5.94. The summed E-state index contributed by atoms with van der Waals surface area (Å²) in [6.45, 7) is 3.03. The molecule has 0 aliphatic carbocycles. The Morgan fingerprint density at radius 2 is 2.16 bits per heavy atom. The molecule has 1 amide bonds. The molecule has 0 aromatic heterocycles. The zero-order valence-corrected chi connectivity index (χ0v) is 11.0. The molecule has 4 nitrogen and oxygen atoms in total. The van der Waals surface area contributed by atoms with Crippen molar-refractivity contribution in [1.29, 1.82) is 0 Å². The Labute approximate surface area is 112 Å². The number of halogens is 1. The Morgan fingerprint density at radius 1 is 1.42 bits per heavy atom. The summed E-state index contributed by atoms with van der Waals surface area (Å²) in [7, 11) is 0. The second-order valence-corrected chi connectivity index (χ2v) is 4.84. The van der Waals surface area contributed by atoms with Crippen molar-refractivity contribution >= 4 is 11.6 Å². The van der Waals surface area contributed by atoms with E-state index in [-0.39, 0.29) is 24.4 Å². The Morgan fingerprint density at radius 3 is 2.84 bits per heavy atom. The molecule has 1 aromatic carbocycles. The van der Waals surface area contributed by atoms with Gasteiger partial charge in [0.15, 0.2) is 0 Å². The molecule has 2 N–H and O–H groups in total. The third-order valence-electron chi connectivity index (χ3n) is 3.16. The second kappa shape index (κ2) is 6.63. The number of carbonyl (C=O) groups is 1. The summed E-state index contributed by atoms with van der Waals surface area (Å²) in [6, 6.07) is 6.06. The van der Waals surface area contributed by atoms with Crippen LogP contribution in [0, 0.1) is 5.82 Å². The van der Waals surface area contributed by atoms with Crippen LogP contribution in [-0.2, 0) is 9.53 Å². The molecule has 1 aliphatic heterocycles. The van der Waals surface area contributed by atoms with E-state index < -0.39 is 0 Å². The van der Waals surface area contributed by atoms with Crippen LogP contribution in [0.15, 0.2) is 24.3 Å². The number of ether oxygens (including phenoxy) is 1. The average molecular weight is 266 g/mol. The van der Waals surface area contributed by atoms with E-state index in [2.05, 4.69) is 10.6 Å². The fourth-order valence-corrected chi connectivity index (χ4v) is 2.16. The van der Waals surface area contributed by atoms with Gasteiger partial charge in [0.25, 0.3) is 0 Å². The van der Waals surface area contributed by atoms with Gasteiger partial charge in [0.1, 0.15) is 5.82 Å². The highest BCUT2D eigenvalue weighted by Crippen LogP contribution is 2.13. The standard InChI is InChI=1S/C14H19FN2O2/c1-10-8-13(6-7-19-10)16-9-14(18)17-12-4-2-11(15)3-5-12/h2-5,10,13,16H,6-9H2,1H3,(H,17,18). The molecule has 104 valence electrons. The van der Waals surface area contributed by atoms with Crippen molar-refractivity contribution in [3.63, 3.8) is 0 Å². The van der Waals surface area contributed by atoms with Gasteiger partial charge in [0.2, 0.25) is 5.91 Å². The maximum Gasteiger partial charge on any atom is 0.238 e. The van der Waals surface area contributed by atoms with Crippen LogP contribution in [0.3, 0.4) is 0 Å². The van der Waals surface area contributed by atoms with Gasteiger partial charge in [-0.25, -0.2) is 4.39 Å². The molecule has 2 rings (SSSR count). The lowest BCUT2D eigenvalue weighted by Crippen LogP contribution is -2.41. The van der Waals surface area contributed by atoms with Crippen molar-refractivity contribution in [1.82, 2.24) is 5.32 Å². The third kappa shape index (κ3) is 4.61. The minimum absolute atomic E-state index is 0.120. The summed E-state index contributed by atoms with van der Waals surface area (Å²) in [5.41, 5.74) is 0.605. The smallest absolute Gasteiger partial charge is 0.238 e. The zero-order valence-electron chi connectivity index (χ0n) is 11.0. The maximum atomic E-state index is 12.7. The quantitative estimate of drug-likeness (QED) is 0.875. The van der Waals surface area contributed by atoms with E-state index in [1.165, 1.54) is 12.1 Å². The molecular weight excluding hydrogens is 247 g/mol. The van der Waals surface area contributed by atoms with Gasteiger partial charge >= 0.3 is 0 Å². The molecule has 1 heterocycles. The van der Waals surface area contributed by atoms with Gasteiger partial charge in [-0.1, -0.05) is 0 Å². The molecule has 0 spiro atoms. The molecule has 1 aliphatic rings. The van der Waals surface area contributed by atoms with Crippen molar-refractivity contribution in [2.75, 3.05) is 18.5 Å². The predicted octanol–water partition coefficient (Wildman–Crippen LogP) is 1.92. The molecule has 2 atom stereocenters. The monoisotopic (exact) mass is 266 g/mol. The van der Waals surface area contributed by atoms with E-state index in [0.717, 1.165) is 19.4 Å². The minimum Gasteiger partial charge on any atom is -0.378 e. The number of carbonyl (C=O) groups excluding carboxylic acids is 1. The first-order valence-corrected chi connectivity index (χ1v) is 6.54. The number of hydrogen-bond acceptors (Lipinski definition) is 3.